The average Bonchev–Trinajstić information content (AvgIpc) is 2.58. The molecule has 112 valence electrons. The minimum atomic E-state index is 0.0913. The highest BCUT2D eigenvalue weighted by Crippen LogP contribution is 2.35. The molecule has 1 unspecified atom stereocenters. The largest absolute Gasteiger partial charge is 0.497 e. The molecule has 1 atom stereocenters. The van der Waals surface area contributed by atoms with Gasteiger partial charge in [0.05, 0.1) is 7.11 Å². The van der Waals surface area contributed by atoms with Crippen LogP contribution in [-0.2, 0) is 4.79 Å². The maximum atomic E-state index is 12.4. The van der Waals surface area contributed by atoms with Crippen LogP contribution in [0.15, 0.2) is 54.2 Å². The van der Waals surface area contributed by atoms with Crippen molar-refractivity contribution in [3.05, 3.63) is 65.5 Å². The third-order valence-electron chi connectivity index (χ3n) is 4.05. The zero-order valence-corrected chi connectivity index (χ0v) is 12.7. The number of hydrogen-bond donors (Lipinski definition) is 0. The van der Waals surface area contributed by atoms with Gasteiger partial charge < -0.3 is 4.74 Å². The first-order valence-electron chi connectivity index (χ1n) is 7.57. The second-order valence-electron chi connectivity index (χ2n) is 5.50. The highest BCUT2D eigenvalue weighted by molar-refractivity contribution is 6.01. The Morgan fingerprint density at radius 2 is 2.14 bits per heavy atom. The third-order valence-corrected chi connectivity index (χ3v) is 4.05. The minimum absolute atomic E-state index is 0.0913. The van der Waals surface area contributed by atoms with Crippen LogP contribution < -0.4 is 4.74 Å². The quantitative estimate of drug-likeness (QED) is 0.803. The van der Waals surface area contributed by atoms with Crippen LogP contribution >= 0.6 is 0 Å². The van der Waals surface area contributed by atoms with E-state index in [4.69, 9.17) is 4.74 Å². The van der Waals surface area contributed by atoms with Crippen molar-refractivity contribution >= 4 is 11.9 Å². The average molecular weight is 293 g/mol. The number of pyridine rings is 1. The molecule has 22 heavy (non-hydrogen) atoms. The van der Waals surface area contributed by atoms with E-state index in [1.807, 2.05) is 48.5 Å². The predicted molar refractivity (Wildman–Crippen MR) is 86.8 cm³/mol. The molecule has 0 radical (unpaired) electrons. The first-order valence-corrected chi connectivity index (χ1v) is 7.57. The van der Waals surface area contributed by atoms with Gasteiger partial charge in [0.25, 0.3) is 0 Å². The van der Waals surface area contributed by atoms with E-state index in [1.54, 1.807) is 13.3 Å². The lowest BCUT2D eigenvalue weighted by atomic mass is 9.80. The number of nitrogens with zero attached hydrogens (tertiary/aromatic N) is 1. The maximum absolute atomic E-state index is 12.4. The van der Waals surface area contributed by atoms with Gasteiger partial charge in [0.15, 0.2) is 5.78 Å². The molecule has 3 nitrogen and oxygen atoms in total. The zero-order valence-electron chi connectivity index (χ0n) is 12.7. The number of rotatable bonds is 3. The van der Waals surface area contributed by atoms with Gasteiger partial charge in [0.2, 0.25) is 0 Å². The van der Waals surface area contributed by atoms with Crippen molar-refractivity contribution in [3.63, 3.8) is 0 Å². The van der Waals surface area contributed by atoms with E-state index in [1.165, 1.54) is 0 Å². The maximum Gasteiger partial charge on any atom is 0.159 e. The van der Waals surface area contributed by atoms with Gasteiger partial charge in [-0.2, -0.15) is 0 Å². The molecule has 1 fully saturated rings. The molecule has 0 spiro atoms. The third kappa shape index (κ3) is 3.08. The molecule has 1 aliphatic carbocycles. The molecule has 1 aliphatic rings. The van der Waals surface area contributed by atoms with E-state index < -0.39 is 0 Å². The van der Waals surface area contributed by atoms with Crippen molar-refractivity contribution in [2.24, 2.45) is 0 Å². The van der Waals surface area contributed by atoms with Gasteiger partial charge in [-0.1, -0.05) is 18.2 Å². The van der Waals surface area contributed by atoms with Crippen molar-refractivity contribution in [1.82, 2.24) is 4.98 Å². The molecule has 1 aromatic carbocycles. The summed E-state index contributed by atoms with van der Waals surface area (Å²) >= 11 is 0. The van der Waals surface area contributed by atoms with Crippen LogP contribution in [0.25, 0.3) is 6.08 Å². The van der Waals surface area contributed by atoms with Gasteiger partial charge in [-0.25, -0.2) is 0 Å². The van der Waals surface area contributed by atoms with Gasteiger partial charge in [0, 0.05) is 29.8 Å². The zero-order chi connectivity index (χ0) is 15.4. The summed E-state index contributed by atoms with van der Waals surface area (Å²) in [5, 5.41) is 0. The second-order valence-corrected chi connectivity index (χ2v) is 5.50. The summed E-state index contributed by atoms with van der Waals surface area (Å²) in [7, 11) is 1.65. The Kier molecular flexibility index (Phi) is 4.33. The number of hydrogen-bond acceptors (Lipinski definition) is 3. The monoisotopic (exact) mass is 293 g/mol. The standard InChI is InChI=1S/C19H19NO2/c1-22-15-7-4-6-14(12-15)13-17-16(8-5-10-19(17)21)18-9-2-3-11-20-18/h2-4,6-7,9,11-13,16H,5,8,10H2,1H3/b17-13-. The van der Waals surface area contributed by atoms with Crippen LogP contribution in [0.3, 0.4) is 0 Å². The summed E-state index contributed by atoms with van der Waals surface area (Å²) in [6.07, 6.45) is 6.30. The first kappa shape index (κ1) is 14.5. The molecule has 1 heterocycles. The number of allylic oxidation sites excluding steroid dienone is 1. The van der Waals surface area contributed by atoms with Crippen LogP contribution in [-0.4, -0.2) is 17.9 Å². The molecule has 0 saturated heterocycles. The lowest BCUT2D eigenvalue weighted by Gasteiger charge is -2.24. The number of methoxy groups -OCH3 is 1. The fourth-order valence-corrected chi connectivity index (χ4v) is 2.94. The van der Waals surface area contributed by atoms with Gasteiger partial charge in [0.1, 0.15) is 5.75 Å². The van der Waals surface area contributed by atoms with Crippen LogP contribution in [0.4, 0.5) is 0 Å². The second kappa shape index (κ2) is 6.56. The number of carbonyl (C=O) groups is 1. The SMILES string of the molecule is COc1cccc(/C=C2\C(=O)CCCC2c2ccccn2)c1. The first-order chi connectivity index (χ1) is 10.8. The van der Waals surface area contributed by atoms with Crippen molar-refractivity contribution in [2.45, 2.75) is 25.2 Å². The molecule has 0 N–H and O–H groups in total. The van der Waals surface area contributed by atoms with Crippen molar-refractivity contribution in [2.75, 3.05) is 7.11 Å². The lowest BCUT2D eigenvalue weighted by molar-refractivity contribution is -0.116. The number of carbonyl (C=O) groups excluding carboxylic acids is 1. The molecular weight excluding hydrogens is 274 g/mol. The van der Waals surface area contributed by atoms with Crippen molar-refractivity contribution in [1.29, 1.82) is 0 Å². The Morgan fingerprint density at radius 1 is 1.23 bits per heavy atom. The number of ketones is 1. The Balaban J connectivity index is 1.99. The summed E-state index contributed by atoms with van der Waals surface area (Å²) in [4.78, 5) is 16.9. The summed E-state index contributed by atoms with van der Waals surface area (Å²) in [6.45, 7) is 0. The van der Waals surface area contributed by atoms with Gasteiger partial charge in [-0.05, 0) is 48.7 Å². The molecule has 0 aliphatic heterocycles. The normalized spacial score (nSPS) is 20.1. The highest BCUT2D eigenvalue weighted by atomic mass is 16.5. The number of ether oxygens (including phenoxy) is 1. The summed E-state index contributed by atoms with van der Waals surface area (Å²) in [5.41, 5.74) is 2.83. The van der Waals surface area contributed by atoms with E-state index >= 15 is 0 Å². The van der Waals surface area contributed by atoms with Crippen LogP contribution in [0.5, 0.6) is 5.75 Å². The number of Topliss-reactive ketones (excluding diaryl/α,β-unsaturated/α-hetero) is 1. The molecule has 2 aromatic rings. The van der Waals surface area contributed by atoms with E-state index in [-0.39, 0.29) is 11.7 Å². The van der Waals surface area contributed by atoms with Crippen LogP contribution in [0.2, 0.25) is 0 Å². The van der Waals surface area contributed by atoms with E-state index in [0.29, 0.717) is 6.42 Å². The molecule has 3 heteroatoms. The van der Waals surface area contributed by atoms with E-state index in [9.17, 15) is 4.79 Å². The Hall–Kier alpha value is -2.42. The fraction of sp³-hybridized carbons (Fsp3) is 0.263. The molecule has 3 rings (SSSR count). The van der Waals surface area contributed by atoms with Crippen molar-refractivity contribution in [3.8, 4) is 5.75 Å². The van der Waals surface area contributed by atoms with Crippen molar-refractivity contribution < 1.29 is 9.53 Å². The topological polar surface area (TPSA) is 39.2 Å². The summed E-state index contributed by atoms with van der Waals surface area (Å²) in [5.74, 6) is 1.12. The van der Waals surface area contributed by atoms with Crippen LogP contribution in [0.1, 0.15) is 36.4 Å². The van der Waals surface area contributed by atoms with E-state index in [0.717, 1.165) is 35.4 Å². The number of benzene rings is 1. The van der Waals surface area contributed by atoms with E-state index in [2.05, 4.69) is 4.98 Å². The molecule has 1 saturated carbocycles. The summed E-state index contributed by atoms with van der Waals surface area (Å²) in [6, 6.07) is 13.7. The Labute approximate surface area is 130 Å². The fourth-order valence-electron chi connectivity index (χ4n) is 2.94. The smallest absolute Gasteiger partial charge is 0.159 e. The Bertz CT molecular complexity index is 692. The lowest BCUT2D eigenvalue weighted by Crippen LogP contribution is -2.18. The van der Waals surface area contributed by atoms with Gasteiger partial charge in [-0.3, -0.25) is 9.78 Å². The molecule has 0 bridgehead atoms. The van der Waals surface area contributed by atoms with Crippen LogP contribution in [0, 0.1) is 0 Å². The van der Waals surface area contributed by atoms with Gasteiger partial charge in [-0.15, -0.1) is 0 Å². The number of aromatic nitrogens is 1. The Morgan fingerprint density at radius 3 is 2.91 bits per heavy atom. The minimum Gasteiger partial charge on any atom is -0.497 e. The molecule has 1 aromatic heterocycles. The molecule has 0 amide bonds. The summed E-state index contributed by atoms with van der Waals surface area (Å²) < 4.78 is 5.26. The molecular formula is C19H19NO2. The highest BCUT2D eigenvalue weighted by Gasteiger charge is 2.27. The van der Waals surface area contributed by atoms with Gasteiger partial charge >= 0.3 is 0 Å². The predicted octanol–water partition coefficient (Wildman–Crippen LogP) is 4.01.